The van der Waals surface area contributed by atoms with Crippen molar-refractivity contribution < 1.29 is 0 Å². The number of thioether (sulfide) groups is 3. The summed E-state index contributed by atoms with van der Waals surface area (Å²) in [4.78, 5) is 0. The predicted molar refractivity (Wildman–Crippen MR) is 57.0 cm³/mol. The van der Waals surface area contributed by atoms with Crippen molar-refractivity contribution >= 4 is 35.3 Å². The molecule has 1 N–H and O–H groups in total. The third-order valence-electron chi connectivity index (χ3n) is 1.71. The van der Waals surface area contributed by atoms with Gasteiger partial charge in [-0.25, -0.2) is 0 Å². The monoisotopic (exact) mass is 206 g/mol. The van der Waals surface area contributed by atoms with Gasteiger partial charge in [0.25, 0.3) is 0 Å². The molecule has 0 aromatic carbocycles. The molecule has 1 nitrogen and oxygen atoms in total. The molecule has 0 amide bonds. The van der Waals surface area contributed by atoms with Gasteiger partial charge in [-0.2, -0.15) is 0 Å². The first kappa shape index (κ1) is 8.60. The molecule has 0 aromatic heterocycles. The molecule has 2 fully saturated rings. The van der Waals surface area contributed by atoms with Crippen LogP contribution in [0, 0.1) is 4.58 Å². The minimum Gasteiger partial charge on any atom is -0.303 e. The van der Waals surface area contributed by atoms with E-state index in [1.165, 1.54) is 30.2 Å². The zero-order chi connectivity index (χ0) is 7.52. The quantitative estimate of drug-likeness (QED) is 0.704. The maximum absolute atomic E-state index is 3.51. The van der Waals surface area contributed by atoms with Gasteiger partial charge < -0.3 is 5.32 Å². The van der Waals surface area contributed by atoms with Crippen molar-refractivity contribution in [1.82, 2.24) is 5.32 Å². The summed E-state index contributed by atoms with van der Waals surface area (Å²) >= 11 is 6.17. The van der Waals surface area contributed by atoms with E-state index in [1.54, 1.807) is 4.58 Å². The molecule has 0 bridgehead atoms. The van der Waals surface area contributed by atoms with Crippen molar-refractivity contribution in [3.63, 3.8) is 0 Å². The fourth-order valence-electron chi connectivity index (χ4n) is 1.17. The molecule has 0 saturated carbocycles. The van der Waals surface area contributed by atoms with E-state index in [0.29, 0.717) is 5.37 Å². The lowest BCUT2D eigenvalue weighted by Crippen LogP contribution is -2.25. The molecule has 2 heterocycles. The van der Waals surface area contributed by atoms with E-state index in [1.807, 2.05) is 0 Å². The number of rotatable bonds is 1. The SMILES string of the molecule is C1CS[C](C2NCCS2)SC1. The summed E-state index contributed by atoms with van der Waals surface area (Å²) in [7, 11) is 0. The molecular formula is C7H12NS3. The minimum atomic E-state index is 0.658. The van der Waals surface area contributed by atoms with E-state index in [-0.39, 0.29) is 0 Å². The van der Waals surface area contributed by atoms with E-state index in [2.05, 4.69) is 40.6 Å². The molecule has 11 heavy (non-hydrogen) atoms. The first-order chi connectivity index (χ1) is 5.47. The predicted octanol–water partition coefficient (Wildman–Crippen LogP) is 2.01. The van der Waals surface area contributed by atoms with Crippen LogP contribution in [-0.2, 0) is 0 Å². The van der Waals surface area contributed by atoms with Gasteiger partial charge in [-0.1, -0.05) is 0 Å². The van der Waals surface area contributed by atoms with Gasteiger partial charge in [-0.15, -0.1) is 35.3 Å². The van der Waals surface area contributed by atoms with Crippen LogP contribution in [0.15, 0.2) is 0 Å². The highest BCUT2D eigenvalue weighted by atomic mass is 32.2. The second kappa shape index (κ2) is 4.30. The van der Waals surface area contributed by atoms with Crippen molar-refractivity contribution in [2.45, 2.75) is 11.8 Å². The van der Waals surface area contributed by atoms with Gasteiger partial charge >= 0.3 is 0 Å². The van der Waals surface area contributed by atoms with E-state index in [0.717, 1.165) is 0 Å². The van der Waals surface area contributed by atoms with Crippen LogP contribution in [0.3, 0.4) is 0 Å². The first-order valence-electron chi connectivity index (χ1n) is 3.94. The van der Waals surface area contributed by atoms with Crippen LogP contribution in [0.1, 0.15) is 6.42 Å². The van der Waals surface area contributed by atoms with Crippen molar-refractivity contribution in [3.05, 3.63) is 4.58 Å². The second-order valence-electron chi connectivity index (χ2n) is 2.57. The average molecular weight is 206 g/mol. The van der Waals surface area contributed by atoms with Crippen molar-refractivity contribution in [3.8, 4) is 0 Å². The zero-order valence-electron chi connectivity index (χ0n) is 6.34. The van der Waals surface area contributed by atoms with E-state index in [4.69, 9.17) is 0 Å². The van der Waals surface area contributed by atoms with Crippen molar-refractivity contribution in [1.29, 1.82) is 0 Å². The summed E-state index contributed by atoms with van der Waals surface area (Å²) < 4.78 is 1.62. The summed E-state index contributed by atoms with van der Waals surface area (Å²) in [6, 6.07) is 0. The summed E-state index contributed by atoms with van der Waals surface area (Å²) in [6.45, 7) is 1.19. The normalized spacial score (nSPS) is 34.4. The number of nitrogens with one attached hydrogen (secondary N) is 1. The molecule has 0 aliphatic carbocycles. The lowest BCUT2D eigenvalue weighted by molar-refractivity contribution is 0.787. The highest BCUT2D eigenvalue weighted by Gasteiger charge is 2.28. The molecule has 1 unspecified atom stereocenters. The summed E-state index contributed by atoms with van der Waals surface area (Å²) in [5.74, 6) is 3.96. The van der Waals surface area contributed by atoms with Crippen molar-refractivity contribution in [2.24, 2.45) is 0 Å². The van der Waals surface area contributed by atoms with Gasteiger partial charge in [-0.05, 0) is 17.9 Å². The maximum Gasteiger partial charge on any atom is 0.112 e. The zero-order valence-corrected chi connectivity index (χ0v) is 8.79. The Balaban J connectivity index is 1.82. The highest BCUT2D eigenvalue weighted by molar-refractivity contribution is 8.22. The summed E-state index contributed by atoms with van der Waals surface area (Å²) in [6.07, 6.45) is 1.39. The summed E-state index contributed by atoms with van der Waals surface area (Å²) in [5.41, 5.74) is 0. The van der Waals surface area contributed by atoms with E-state index < -0.39 is 0 Å². The third-order valence-corrected chi connectivity index (χ3v) is 5.91. The summed E-state index contributed by atoms with van der Waals surface area (Å²) in [5, 5.41) is 4.17. The largest absolute Gasteiger partial charge is 0.303 e. The molecule has 1 radical (unpaired) electrons. The van der Waals surface area contributed by atoms with Gasteiger partial charge in [0.15, 0.2) is 0 Å². The highest BCUT2D eigenvalue weighted by Crippen LogP contribution is 2.44. The van der Waals surface area contributed by atoms with Gasteiger partial charge in [-0.3, -0.25) is 0 Å². The Kier molecular flexibility index (Phi) is 3.37. The molecule has 1 atom stereocenters. The standard InChI is InChI=1S/C7H12NS3/c1-3-10-7(11-4-1)6-8-2-5-9-6/h6,8H,1-5H2. The molecular weight excluding hydrogens is 194 g/mol. The maximum atomic E-state index is 3.51. The van der Waals surface area contributed by atoms with E-state index in [9.17, 15) is 0 Å². The van der Waals surface area contributed by atoms with Crippen LogP contribution in [0.2, 0.25) is 0 Å². The lowest BCUT2D eigenvalue weighted by Gasteiger charge is -2.24. The first-order valence-corrected chi connectivity index (χ1v) is 6.96. The Bertz CT molecular complexity index is 119. The van der Waals surface area contributed by atoms with Crippen LogP contribution in [0.25, 0.3) is 0 Å². The van der Waals surface area contributed by atoms with Crippen molar-refractivity contribution in [2.75, 3.05) is 23.8 Å². The fraction of sp³-hybridized carbons (Fsp3) is 0.857. The van der Waals surface area contributed by atoms with E-state index >= 15 is 0 Å². The second-order valence-corrected chi connectivity index (χ2v) is 6.32. The fourth-order valence-corrected chi connectivity index (χ4v) is 5.30. The Hall–Kier alpha value is 1.01. The van der Waals surface area contributed by atoms with Gasteiger partial charge in [0.1, 0.15) is 4.58 Å². The Labute approximate surface area is 80.8 Å². The smallest absolute Gasteiger partial charge is 0.112 e. The average Bonchev–Trinajstić information content (AvgIpc) is 2.58. The lowest BCUT2D eigenvalue weighted by atomic mass is 10.6. The molecule has 0 aromatic rings. The van der Waals surface area contributed by atoms with Gasteiger partial charge in [0.2, 0.25) is 0 Å². The molecule has 63 valence electrons. The van der Waals surface area contributed by atoms with Gasteiger partial charge in [0.05, 0.1) is 5.37 Å². The Morgan fingerprint density at radius 3 is 2.64 bits per heavy atom. The van der Waals surface area contributed by atoms with Crippen LogP contribution >= 0.6 is 35.3 Å². The Morgan fingerprint density at radius 1 is 1.18 bits per heavy atom. The molecule has 2 saturated heterocycles. The molecule has 2 rings (SSSR count). The Morgan fingerprint density at radius 2 is 2.00 bits per heavy atom. The van der Waals surface area contributed by atoms with Crippen LogP contribution in [-0.4, -0.2) is 29.2 Å². The topological polar surface area (TPSA) is 12.0 Å². The van der Waals surface area contributed by atoms with Crippen LogP contribution in [0.4, 0.5) is 0 Å². The molecule has 2 aliphatic heterocycles. The van der Waals surface area contributed by atoms with Gasteiger partial charge in [0, 0.05) is 12.3 Å². The van der Waals surface area contributed by atoms with Crippen LogP contribution in [0.5, 0.6) is 0 Å². The van der Waals surface area contributed by atoms with Crippen LogP contribution < -0.4 is 5.32 Å². The number of hydrogen-bond donors (Lipinski definition) is 1. The third kappa shape index (κ3) is 2.23. The minimum absolute atomic E-state index is 0.658. The number of hydrogen-bond acceptors (Lipinski definition) is 4. The molecule has 2 aliphatic rings. The molecule has 0 spiro atoms. The molecule has 4 heteroatoms.